The summed E-state index contributed by atoms with van der Waals surface area (Å²) in [6.45, 7) is 2.45. The Bertz CT molecular complexity index is 229. The normalized spacial score (nSPS) is 20.3. The molecule has 1 aliphatic heterocycles. The Balaban J connectivity index is 1.94. The molecular formula is C10H14NP. The molecule has 0 aromatic heterocycles. The second-order valence-electron chi connectivity index (χ2n) is 3.20. The average molecular weight is 179 g/mol. The van der Waals surface area contributed by atoms with E-state index in [9.17, 15) is 0 Å². The molecule has 1 unspecified atom stereocenters. The van der Waals surface area contributed by atoms with E-state index in [1.807, 2.05) is 0 Å². The van der Waals surface area contributed by atoms with E-state index in [-0.39, 0.29) is 0 Å². The molecule has 0 spiro atoms. The Morgan fingerprint density at radius 3 is 2.75 bits per heavy atom. The van der Waals surface area contributed by atoms with Gasteiger partial charge in [-0.3, -0.25) is 4.90 Å². The van der Waals surface area contributed by atoms with Crippen molar-refractivity contribution in [2.75, 3.05) is 19.0 Å². The second-order valence-corrected chi connectivity index (χ2v) is 4.51. The van der Waals surface area contributed by atoms with Crippen LogP contribution in [-0.4, -0.2) is 23.9 Å². The molecule has 0 aliphatic carbocycles. The molecule has 1 aliphatic rings. The summed E-state index contributed by atoms with van der Waals surface area (Å²) in [5, 5.41) is 0. The average Bonchev–Trinajstić information content (AvgIpc) is 2.59. The number of nitrogens with zero attached hydrogens (tertiary/aromatic N) is 1. The molecule has 0 saturated carbocycles. The van der Waals surface area contributed by atoms with Crippen molar-refractivity contribution < 1.29 is 0 Å². The highest BCUT2D eigenvalue weighted by atomic mass is 31.1. The van der Waals surface area contributed by atoms with Crippen molar-refractivity contribution in [3.8, 4) is 0 Å². The molecule has 0 radical (unpaired) electrons. The minimum Gasteiger partial charge on any atom is -0.295 e. The molecular weight excluding hydrogens is 165 g/mol. The zero-order valence-corrected chi connectivity index (χ0v) is 8.16. The molecule has 0 N–H and O–H groups in total. The van der Waals surface area contributed by atoms with Gasteiger partial charge in [0.15, 0.2) is 0 Å². The van der Waals surface area contributed by atoms with E-state index in [0.29, 0.717) is 0 Å². The Morgan fingerprint density at radius 2 is 2.08 bits per heavy atom. The van der Waals surface area contributed by atoms with Gasteiger partial charge in [-0.05, 0) is 11.7 Å². The lowest BCUT2D eigenvalue weighted by Crippen LogP contribution is -2.18. The quantitative estimate of drug-likeness (QED) is 0.629. The van der Waals surface area contributed by atoms with Crippen LogP contribution in [0.25, 0.3) is 0 Å². The lowest BCUT2D eigenvalue weighted by molar-refractivity contribution is 0.348. The van der Waals surface area contributed by atoms with Crippen molar-refractivity contribution in [1.82, 2.24) is 4.90 Å². The molecule has 0 bridgehead atoms. The highest BCUT2D eigenvalue weighted by Crippen LogP contribution is 2.21. The molecule has 0 amide bonds. The predicted molar refractivity (Wildman–Crippen MR) is 54.9 cm³/mol. The smallest absolute Gasteiger partial charge is 0.0237 e. The van der Waals surface area contributed by atoms with Crippen LogP contribution in [0.15, 0.2) is 30.3 Å². The summed E-state index contributed by atoms with van der Waals surface area (Å²) in [5.41, 5.74) is 1.45. The third-order valence-corrected chi connectivity index (χ3v) is 3.44. The summed E-state index contributed by atoms with van der Waals surface area (Å²) in [7, 11) is 1.17. The Kier molecular flexibility index (Phi) is 2.75. The molecule has 1 aromatic carbocycles. The molecule has 1 fully saturated rings. The summed E-state index contributed by atoms with van der Waals surface area (Å²) in [4.78, 5) is 2.54. The number of hydrogen-bond acceptors (Lipinski definition) is 1. The lowest BCUT2D eigenvalue weighted by atomic mass is 10.2. The first-order chi connectivity index (χ1) is 5.95. The van der Waals surface area contributed by atoms with Crippen LogP contribution in [0.1, 0.15) is 5.56 Å². The summed E-state index contributed by atoms with van der Waals surface area (Å²) < 4.78 is 0. The van der Waals surface area contributed by atoms with E-state index in [2.05, 4.69) is 35.2 Å². The fourth-order valence-corrected chi connectivity index (χ4v) is 2.75. The van der Waals surface area contributed by atoms with Crippen LogP contribution in [0, 0.1) is 0 Å². The van der Waals surface area contributed by atoms with Crippen LogP contribution in [0.3, 0.4) is 0 Å². The fraction of sp³-hybridized carbons (Fsp3) is 0.400. The topological polar surface area (TPSA) is 3.24 Å². The maximum absolute atomic E-state index is 2.54. The van der Waals surface area contributed by atoms with Gasteiger partial charge in [0.05, 0.1) is 0 Å². The largest absolute Gasteiger partial charge is 0.295 e. The van der Waals surface area contributed by atoms with E-state index >= 15 is 0 Å². The van der Waals surface area contributed by atoms with Crippen molar-refractivity contribution in [3.05, 3.63) is 35.9 Å². The fourth-order valence-electron chi connectivity index (χ4n) is 1.53. The van der Waals surface area contributed by atoms with Gasteiger partial charge >= 0.3 is 0 Å². The third kappa shape index (κ3) is 2.06. The summed E-state index contributed by atoms with van der Waals surface area (Å²) >= 11 is 0. The monoisotopic (exact) mass is 179 g/mol. The Morgan fingerprint density at radius 1 is 1.25 bits per heavy atom. The molecule has 2 heteroatoms. The summed E-state index contributed by atoms with van der Waals surface area (Å²) in [6, 6.07) is 10.7. The highest BCUT2D eigenvalue weighted by molar-refractivity contribution is 7.38. The van der Waals surface area contributed by atoms with Gasteiger partial charge in [-0.2, -0.15) is 0 Å². The van der Waals surface area contributed by atoms with E-state index < -0.39 is 0 Å². The maximum atomic E-state index is 2.54. The molecule has 1 heterocycles. The highest BCUT2D eigenvalue weighted by Gasteiger charge is 2.10. The van der Waals surface area contributed by atoms with E-state index in [4.69, 9.17) is 0 Å². The third-order valence-electron chi connectivity index (χ3n) is 2.19. The van der Waals surface area contributed by atoms with Crippen LogP contribution in [0.5, 0.6) is 0 Å². The van der Waals surface area contributed by atoms with Crippen molar-refractivity contribution in [3.63, 3.8) is 0 Å². The van der Waals surface area contributed by atoms with Crippen LogP contribution in [-0.2, 0) is 6.54 Å². The Hall–Kier alpha value is -0.390. The first kappa shape index (κ1) is 8.22. The van der Waals surface area contributed by atoms with Crippen LogP contribution >= 0.6 is 8.58 Å². The molecule has 1 nitrogen and oxygen atoms in total. The zero-order valence-electron chi connectivity index (χ0n) is 7.16. The van der Waals surface area contributed by atoms with Gasteiger partial charge in [0.1, 0.15) is 0 Å². The van der Waals surface area contributed by atoms with Crippen molar-refractivity contribution in [2.45, 2.75) is 6.54 Å². The van der Waals surface area contributed by atoms with Gasteiger partial charge < -0.3 is 0 Å². The molecule has 1 aromatic rings. The van der Waals surface area contributed by atoms with Crippen molar-refractivity contribution in [1.29, 1.82) is 0 Å². The Labute approximate surface area is 75.6 Å². The first-order valence-corrected chi connectivity index (χ1v) is 5.83. The van der Waals surface area contributed by atoms with Gasteiger partial charge in [-0.1, -0.05) is 30.3 Å². The first-order valence-electron chi connectivity index (χ1n) is 4.42. The lowest BCUT2D eigenvalue weighted by Gasteiger charge is -2.13. The number of hydrogen-bond donors (Lipinski definition) is 0. The molecule has 12 heavy (non-hydrogen) atoms. The standard InChI is InChI=1S/C10H14NP/c1-2-4-10(5-3-1)8-11-6-7-12-9-11/h1-5,12H,6-9H2. The minimum atomic E-state index is 1.15. The van der Waals surface area contributed by atoms with Crippen molar-refractivity contribution in [2.24, 2.45) is 0 Å². The number of rotatable bonds is 2. The maximum Gasteiger partial charge on any atom is 0.0237 e. The van der Waals surface area contributed by atoms with Crippen LogP contribution in [0.2, 0.25) is 0 Å². The molecule has 1 saturated heterocycles. The summed E-state index contributed by atoms with van der Waals surface area (Å²) in [6.07, 6.45) is 2.72. The van der Waals surface area contributed by atoms with Crippen LogP contribution in [0.4, 0.5) is 0 Å². The van der Waals surface area contributed by atoms with Gasteiger partial charge in [-0.25, -0.2) is 0 Å². The molecule has 1 atom stereocenters. The second kappa shape index (κ2) is 4.02. The van der Waals surface area contributed by atoms with E-state index in [1.165, 1.54) is 33.1 Å². The zero-order chi connectivity index (χ0) is 8.23. The van der Waals surface area contributed by atoms with Gasteiger partial charge in [0, 0.05) is 19.4 Å². The molecule has 2 rings (SSSR count). The SMILES string of the molecule is c1ccc(CN2CCPC2)cc1. The van der Waals surface area contributed by atoms with Crippen LogP contribution < -0.4 is 0 Å². The van der Waals surface area contributed by atoms with Gasteiger partial charge in [0.2, 0.25) is 0 Å². The van der Waals surface area contributed by atoms with Gasteiger partial charge in [0.25, 0.3) is 0 Å². The number of benzene rings is 1. The van der Waals surface area contributed by atoms with E-state index in [0.717, 1.165) is 6.54 Å². The minimum absolute atomic E-state index is 1.15. The van der Waals surface area contributed by atoms with E-state index in [1.54, 1.807) is 0 Å². The van der Waals surface area contributed by atoms with Crippen molar-refractivity contribution >= 4 is 8.58 Å². The summed E-state index contributed by atoms with van der Waals surface area (Å²) in [5.74, 6) is 0. The predicted octanol–water partition coefficient (Wildman–Crippen LogP) is 2.14. The molecule has 64 valence electrons. The van der Waals surface area contributed by atoms with Gasteiger partial charge in [-0.15, -0.1) is 8.58 Å².